The Balaban J connectivity index is 1.29. The van der Waals surface area contributed by atoms with E-state index in [4.69, 9.17) is 9.47 Å². The first-order valence-electron chi connectivity index (χ1n) is 11.0. The Hall–Kier alpha value is -2.64. The third kappa shape index (κ3) is 3.32. The fourth-order valence-corrected chi connectivity index (χ4v) is 4.85. The van der Waals surface area contributed by atoms with Gasteiger partial charge in [0.1, 0.15) is 30.1 Å². The quantitative estimate of drug-likeness (QED) is 0.679. The third-order valence-corrected chi connectivity index (χ3v) is 6.66. The van der Waals surface area contributed by atoms with Crippen molar-refractivity contribution in [2.75, 3.05) is 44.8 Å². The molecule has 3 aromatic rings. The summed E-state index contributed by atoms with van der Waals surface area (Å²) in [6.45, 7) is 4.99. The van der Waals surface area contributed by atoms with Crippen LogP contribution >= 0.6 is 0 Å². The van der Waals surface area contributed by atoms with Crippen LogP contribution in [0.1, 0.15) is 35.9 Å². The SMILES string of the molecule is c1ccc2c(c1)OC[C@@H](N1CCOCC1)[C@@H]2CNc1ncnc2[nH]c(C3CC3)cc12. The zero-order chi connectivity index (χ0) is 19.9. The summed E-state index contributed by atoms with van der Waals surface area (Å²) in [7, 11) is 0. The van der Waals surface area contributed by atoms with E-state index >= 15 is 0 Å². The molecule has 2 fully saturated rings. The molecule has 2 aliphatic heterocycles. The lowest BCUT2D eigenvalue weighted by Gasteiger charge is -2.42. The first-order valence-corrected chi connectivity index (χ1v) is 11.0. The molecule has 2 N–H and O–H groups in total. The van der Waals surface area contributed by atoms with Crippen LogP contribution in [0, 0.1) is 0 Å². The molecular formula is C23H27N5O2. The minimum atomic E-state index is 0.319. The summed E-state index contributed by atoms with van der Waals surface area (Å²) in [5.74, 6) is 2.90. The molecule has 3 aliphatic rings. The van der Waals surface area contributed by atoms with Crippen molar-refractivity contribution in [1.82, 2.24) is 19.9 Å². The maximum absolute atomic E-state index is 6.14. The number of ether oxygens (including phenoxy) is 2. The fraction of sp³-hybridized carbons (Fsp3) is 0.478. The lowest BCUT2D eigenvalue weighted by Crippen LogP contribution is -2.51. The van der Waals surface area contributed by atoms with Crippen LogP contribution in [0.15, 0.2) is 36.7 Å². The highest BCUT2D eigenvalue weighted by Crippen LogP contribution is 2.41. The van der Waals surface area contributed by atoms with Gasteiger partial charge in [-0.3, -0.25) is 4.90 Å². The van der Waals surface area contributed by atoms with Crippen molar-refractivity contribution < 1.29 is 9.47 Å². The van der Waals surface area contributed by atoms with Crippen molar-refractivity contribution in [3.8, 4) is 5.75 Å². The zero-order valence-electron chi connectivity index (χ0n) is 17.0. The Labute approximate surface area is 175 Å². The Morgan fingerprint density at radius 2 is 2.00 bits per heavy atom. The van der Waals surface area contributed by atoms with Crippen LogP contribution in [0.25, 0.3) is 11.0 Å². The van der Waals surface area contributed by atoms with Crippen molar-refractivity contribution in [3.05, 3.63) is 47.9 Å². The predicted molar refractivity (Wildman–Crippen MR) is 115 cm³/mol. The van der Waals surface area contributed by atoms with E-state index < -0.39 is 0 Å². The van der Waals surface area contributed by atoms with Gasteiger partial charge in [-0.1, -0.05) is 18.2 Å². The first kappa shape index (κ1) is 18.2. The number of hydrogen-bond donors (Lipinski definition) is 2. The van der Waals surface area contributed by atoms with Crippen molar-refractivity contribution in [2.24, 2.45) is 0 Å². The first-order chi connectivity index (χ1) is 14.9. The molecule has 1 saturated carbocycles. The molecule has 1 aromatic carbocycles. The monoisotopic (exact) mass is 405 g/mol. The summed E-state index contributed by atoms with van der Waals surface area (Å²) in [5, 5.41) is 4.74. The molecule has 0 bridgehead atoms. The van der Waals surface area contributed by atoms with Gasteiger partial charge in [0.15, 0.2) is 0 Å². The number of anilines is 1. The van der Waals surface area contributed by atoms with Crippen LogP contribution in [0.3, 0.4) is 0 Å². The van der Waals surface area contributed by atoms with Gasteiger partial charge in [0.2, 0.25) is 0 Å². The number of H-pyrrole nitrogens is 1. The number of aromatic nitrogens is 3. The molecule has 0 amide bonds. The second-order valence-electron chi connectivity index (χ2n) is 8.54. The van der Waals surface area contributed by atoms with Gasteiger partial charge in [0.25, 0.3) is 0 Å². The largest absolute Gasteiger partial charge is 0.492 e. The molecule has 6 rings (SSSR count). The van der Waals surface area contributed by atoms with E-state index in [1.165, 1.54) is 24.1 Å². The van der Waals surface area contributed by atoms with Gasteiger partial charge in [-0.2, -0.15) is 0 Å². The summed E-state index contributed by atoms with van der Waals surface area (Å²) >= 11 is 0. The highest BCUT2D eigenvalue weighted by Gasteiger charge is 2.35. The molecule has 0 unspecified atom stereocenters. The molecule has 2 aromatic heterocycles. The predicted octanol–water partition coefficient (Wildman–Crippen LogP) is 3.12. The van der Waals surface area contributed by atoms with E-state index in [0.717, 1.165) is 55.4 Å². The minimum absolute atomic E-state index is 0.319. The van der Waals surface area contributed by atoms with E-state index in [1.54, 1.807) is 6.33 Å². The fourth-order valence-electron chi connectivity index (χ4n) is 4.85. The number of nitrogens with zero attached hydrogens (tertiary/aromatic N) is 3. The second-order valence-corrected chi connectivity index (χ2v) is 8.54. The van der Waals surface area contributed by atoms with E-state index in [2.05, 4.69) is 49.4 Å². The van der Waals surface area contributed by atoms with Gasteiger partial charge in [-0.05, 0) is 30.9 Å². The van der Waals surface area contributed by atoms with Crippen LogP contribution in [-0.4, -0.2) is 65.3 Å². The van der Waals surface area contributed by atoms with Crippen LogP contribution < -0.4 is 10.1 Å². The van der Waals surface area contributed by atoms with Crippen molar-refractivity contribution in [1.29, 1.82) is 0 Å². The van der Waals surface area contributed by atoms with Gasteiger partial charge >= 0.3 is 0 Å². The van der Waals surface area contributed by atoms with E-state index in [0.29, 0.717) is 24.5 Å². The van der Waals surface area contributed by atoms with Gasteiger partial charge < -0.3 is 19.8 Å². The third-order valence-electron chi connectivity index (χ3n) is 6.66. The minimum Gasteiger partial charge on any atom is -0.492 e. The Kier molecular flexibility index (Phi) is 4.57. The zero-order valence-corrected chi connectivity index (χ0v) is 17.0. The van der Waals surface area contributed by atoms with Gasteiger partial charge in [-0.25, -0.2) is 9.97 Å². The highest BCUT2D eigenvalue weighted by molar-refractivity contribution is 5.87. The molecule has 4 heterocycles. The summed E-state index contributed by atoms with van der Waals surface area (Å²) in [5.41, 5.74) is 3.48. The number of hydrogen-bond acceptors (Lipinski definition) is 6. The number of para-hydroxylation sites is 1. The summed E-state index contributed by atoms with van der Waals surface area (Å²) in [6, 6.07) is 11.0. The van der Waals surface area contributed by atoms with Gasteiger partial charge in [-0.15, -0.1) is 0 Å². The molecule has 30 heavy (non-hydrogen) atoms. The molecular weight excluding hydrogens is 378 g/mol. The van der Waals surface area contributed by atoms with Crippen molar-refractivity contribution in [3.63, 3.8) is 0 Å². The molecule has 0 spiro atoms. The Morgan fingerprint density at radius 1 is 1.13 bits per heavy atom. The standard InChI is InChI=1S/C23H27N5O2/c1-2-4-21-16(3-1)18(20(13-30-21)28-7-9-29-10-8-28)12-24-22-17-11-19(15-5-6-15)27-23(17)26-14-25-22/h1-4,11,14-15,18,20H,5-10,12-13H2,(H2,24,25,26,27)/t18-,20-/m1/s1. The maximum atomic E-state index is 6.14. The molecule has 7 heteroatoms. The average molecular weight is 406 g/mol. The maximum Gasteiger partial charge on any atom is 0.143 e. The van der Waals surface area contributed by atoms with Crippen molar-refractivity contribution in [2.45, 2.75) is 30.7 Å². The highest BCUT2D eigenvalue weighted by atomic mass is 16.5. The van der Waals surface area contributed by atoms with Crippen LogP contribution in [0.4, 0.5) is 5.82 Å². The number of benzene rings is 1. The number of nitrogens with one attached hydrogen (secondary N) is 2. The summed E-state index contributed by atoms with van der Waals surface area (Å²) < 4.78 is 11.7. The van der Waals surface area contributed by atoms with Crippen LogP contribution in [0.2, 0.25) is 0 Å². The Bertz CT molecular complexity index is 1040. The normalized spacial score (nSPS) is 24.4. The summed E-state index contributed by atoms with van der Waals surface area (Å²) in [4.78, 5) is 15.0. The Morgan fingerprint density at radius 3 is 2.87 bits per heavy atom. The smallest absolute Gasteiger partial charge is 0.143 e. The van der Waals surface area contributed by atoms with E-state index in [-0.39, 0.29) is 0 Å². The molecule has 1 saturated heterocycles. The lowest BCUT2D eigenvalue weighted by atomic mass is 9.87. The number of rotatable bonds is 5. The second kappa shape index (κ2) is 7.56. The van der Waals surface area contributed by atoms with Crippen LogP contribution in [0.5, 0.6) is 5.75 Å². The van der Waals surface area contributed by atoms with E-state index in [9.17, 15) is 0 Å². The molecule has 0 radical (unpaired) electrons. The topological polar surface area (TPSA) is 75.3 Å². The number of fused-ring (bicyclic) bond motifs is 2. The molecule has 156 valence electrons. The van der Waals surface area contributed by atoms with E-state index in [1.807, 2.05) is 6.07 Å². The number of morpholine rings is 1. The van der Waals surface area contributed by atoms with Gasteiger partial charge in [0, 0.05) is 36.8 Å². The molecule has 2 atom stereocenters. The molecule has 7 nitrogen and oxygen atoms in total. The summed E-state index contributed by atoms with van der Waals surface area (Å²) in [6.07, 6.45) is 4.18. The molecule has 1 aliphatic carbocycles. The lowest BCUT2D eigenvalue weighted by molar-refractivity contribution is -0.00478. The average Bonchev–Trinajstić information content (AvgIpc) is 3.56. The van der Waals surface area contributed by atoms with Crippen LogP contribution in [-0.2, 0) is 4.74 Å². The van der Waals surface area contributed by atoms with Crippen molar-refractivity contribution >= 4 is 16.9 Å². The van der Waals surface area contributed by atoms with Gasteiger partial charge in [0.05, 0.1) is 24.6 Å². The number of aromatic amines is 1.